The average Bonchev–Trinajstić information content (AvgIpc) is 3.38. The van der Waals surface area contributed by atoms with Crippen molar-refractivity contribution in [3.05, 3.63) is 139 Å². The van der Waals surface area contributed by atoms with Crippen LogP contribution in [-0.4, -0.2) is 11.3 Å². The fraction of sp³-hybridized carbons (Fsp3) is 0. The number of hydrogen-bond donors (Lipinski definition) is 0. The highest BCUT2D eigenvalue weighted by Gasteiger charge is 2.42. The van der Waals surface area contributed by atoms with Gasteiger partial charge in [-0.15, -0.1) is 0 Å². The van der Waals surface area contributed by atoms with Gasteiger partial charge in [-0.2, -0.15) is 5.26 Å². The molecular formula is C37H21BFN3. The minimum atomic E-state index is -0.404. The van der Waals surface area contributed by atoms with Crippen LogP contribution in [0.5, 0.6) is 0 Å². The van der Waals surface area contributed by atoms with Crippen molar-refractivity contribution in [2.45, 2.75) is 0 Å². The third kappa shape index (κ3) is 2.93. The molecule has 3 nitrogen and oxygen atoms in total. The molecule has 7 aromatic rings. The van der Waals surface area contributed by atoms with E-state index in [0.717, 1.165) is 28.3 Å². The molecule has 42 heavy (non-hydrogen) atoms. The summed E-state index contributed by atoms with van der Waals surface area (Å²) >= 11 is 0. The summed E-state index contributed by atoms with van der Waals surface area (Å²) in [6.07, 6.45) is 0. The Morgan fingerprint density at radius 1 is 0.643 bits per heavy atom. The number of anilines is 3. The van der Waals surface area contributed by atoms with Gasteiger partial charge < -0.3 is 9.47 Å². The number of nitriles is 1. The van der Waals surface area contributed by atoms with E-state index in [1.165, 1.54) is 38.7 Å². The fourth-order valence-electron chi connectivity index (χ4n) is 7.27. The maximum Gasteiger partial charge on any atom is 0.252 e. The van der Waals surface area contributed by atoms with Crippen molar-refractivity contribution in [1.82, 2.24) is 4.57 Å². The molecule has 0 unspecified atom stereocenters. The summed E-state index contributed by atoms with van der Waals surface area (Å²) in [6.45, 7) is -0.00298. The summed E-state index contributed by atoms with van der Waals surface area (Å²) in [5.41, 5.74) is 11.4. The number of aromatic nitrogens is 1. The second kappa shape index (κ2) is 8.45. The molecule has 0 bridgehead atoms. The summed E-state index contributed by atoms with van der Waals surface area (Å²) in [5, 5.41) is 12.4. The molecule has 2 aliphatic rings. The van der Waals surface area contributed by atoms with Crippen molar-refractivity contribution in [2.24, 2.45) is 0 Å². The highest BCUT2D eigenvalue weighted by molar-refractivity contribution is 7.00. The molecule has 0 saturated heterocycles. The summed E-state index contributed by atoms with van der Waals surface area (Å²) in [4.78, 5) is 2.29. The zero-order valence-electron chi connectivity index (χ0n) is 22.4. The minimum absolute atomic E-state index is 0.00298. The Bertz CT molecular complexity index is 2300. The predicted molar refractivity (Wildman–Crippen MR) is 170 cm³/mol. The normalized spacial score (nSPS) is 12.8. The van der Waals surface area contributed by atoms with Crippen LogP contribution in [-0.2, 0) is 0 Å². The lowest BCUT2D eigenvalue weighted by Crippen LogP contribution is -2.60. The van der Waals surface area contributed by atoms with Crippen LogP contribution < -0.4 is 21.3 Å². The first-order chi connectivity index (χ1) is 20.7. The molecule has 5 heteroatoms. The van der Waals surface area contributed by atoms with Crippen molar-refractivity contribution in [3.63, 3.8) is 0 Å². The monoisotopic (exact) mass is 537 g/mol. The lowest BCUT2D eigenvalue weighted by molar-refractivity contribution is 0.631. The largest absolute Gasteiger partial charge is 0.311 e. The molecule has 0 fully saturated rings. The molecule has 0 N–H and O–H groups in total. The van der Waals surface area contributed by atoms with Gasteiger partial charge in [0.05, 0.1) is 17.1 Å². The van der Waals surface area contributed by atoms with Gasteiger partial charge in [-0.25, -0.2) is 4.39 Å². The van der Waals surface area contributed by atoms with E-state index in [9.17, 15) is 5.26 Å². The highest BCUT2D eigenvalue weighted by Crippen LogP contribution is 2.43. The van der Waals surface area contributed by atoms with Crippen LogP contribution in [0.15, 0.2) is 127 Å². The van der Waals surface area contributed by atoms with E-state index in [-0.39, 0.29) is 6.71 Å². The SMILES string of the molecule is N#Cc1cccc(F)c1-c1cc2c3c(c1)-n1c4ccccc4c4cccc(c41)B3c1ccccc1N2c1ccccc1. The lowest BCUT2D eigenvalue weighted by atomic mass is 9.33. The molecule has 6 aromatic carbocycles. The predicted octanol–water partition coefficient (Wildman–Crippen LogP) is 7.07. The summed E-state index contributed by atoms with van der Waals surface area (Å²) in [5.74, 6) is -0.404. The van der Waals surface area contributed by atoms with Crippen LogP contribution in [0.25, 0.3) is 38.6 Å². The topological polar surface area (TPSA) is 32.0 Å². The molecule has 0 aliphatic carbocycles. The molecule has 0 saturated carbocycles. The number of rotatable bonds is 2. The summed E-state index contributed by atoms with van der Waals surface area (Å²) in [7, 11) is 0. The van der Waals surface area contributed by atoms with Crippen molar-refractivity contribution in [2.75, 3.05) is 4.90 Å². The maximum absolute atomic E-state index is 15.6. The van der Waals surface area contributed by atoms with Crippen LogP contribution >= 0.6 is 0 Å². The zero-order valence-corrected chi connectivity index (χ0v) is 22.4. The minimum Gasteiger partial charge on any atom is -0.311 e. The van der Waals surface area contributed by atoms with Crippen molar-refractivity contribution in [1.29, 1.82) is 5.26 Å². The van der Waals surface area contributed by atoms with Gasteiger partial charge in [0.1, 0.15) is 5.82 Å². The number of fused-ring (bicyclic) bond motifs is 7. The Kier molecular flexibility index (Phi) is 4.66. The third-order valence-electron chi connectivity index (χ3n) is 8.87. The van der Waals surface area contributed by atoms with Gasteiger partial charge in [0.15, 0.2) is 0 Å². The Morgan fingerprint density at radius 2 is 1.36 bits per heavy atom. The van der Waals surface area contributed by atoms with E-state index >= 15 is 4.39 Å². The quantitative estimate of drug-likeness (QED) is 0.221. The van der Waals surface area contributed by atoms with E-state index in [4.69, 9.17) is 0 Å². The first-order valence-corrected chi connectivity index (χ1v) is 14.1. The lowest BCUT2D eigenvalue weighted by Gasteiger charge is -2.40. The molecular weight excluding hydrogens is 516 g/mol. The first kappa shape index (κ1) is 23.1. The van der Waals surface area contributed by atoms with Gasteiger partial charge >= 0.3 is 0 Å². The average molecular weight is 537 g/mol. The van der Waals surface area contributed by atoms with Crippen LogP contribution in [0.1, 0.15) is 5.56 Å². The van der Waals surface area contributed by atoms with Gasteiger partial charge in [0.2, 0.25) is 0 Å². The Hall–Kier alpha value is -5.60. The number of nitrogens with zero attached hydrogens (tertiary/aromatic N) is 3. The molecule has 0 atom stereocenters. The van der Waals surface area contributed by atoms with Crippen LogP contribution in [0.4, 0.5) is 21.5 Å². The van der Waals surface area contributed by atoms with Gasteiger partial charge in [0, 0.05) is 44.6 Å². The van der Waals surface area contributed by atoms with E-state index < -0.39 is 5.82 Å². The molecule has 1 aromatic heterocycles. The zero-order chi connectivity index (χ0) is 27.9. The molecule has 0 radical (unpaired) electrons. The summed E-state index contributed by atoms with van der Waals surface area (Å²) in [6, 6.07) is 45.2. The number of para-hydroxylation sites is 4. The van der Waals surface area contributed by atoms with Crippen LogP contribution in [0, 0.1) is 17.1 Å². The number of halogens is 1. The molecule has 2 aliphatic heterocycles. The smallest absolute Gasteiger partial charge is 0.252 e. The van der Waals surface area contributed by atoms with E-state index in [1.54, 1.807) is 12.1 Å². The van der Waals surface area contributed by atoms with E-state index in [2.05, 4.69) is 107 Å². The Balaban J connectivity index is 1.51. The second-order valence-corrected chi connectivity index (χ2v) is 11.0. The van der Waals surface area contributed by atoms with Crippen LogP contribution in [0.2, 0.25) is 0 Å². The maximum atomic E-state index is 15.6. The molecule has 9 rings (SSSR count). The molecule has 0 amide bonds. The standard InChI is InChI=1S/C37H21BFN3/c39-30-17-8-10-23(22-40)35(30)24-20-33-36-34(21-24)42-31-18-6-4-13-26(31)27-14-9-16-29(37(27)42)38(36)28-15-5-7-19-32(28)41(33)25-11-2-1-3-12-25/h1-21H. The Labute approximate surface area is 242 Å². The fourth-order valence-corrected chi connectivity index (χ4v) is 7.27. The second-order valence-electron chi connectivity index (χ2n) is 11.0. The molecule has 194 valence electrons. The number of benzene rings is 6. The van der Waals surface area contributed by atoms with Gasteiger partial charge in [0.25, 0.3) is 6.71 Å². The third-order valence-corrected chi connectivity index (χ3v) is 8.87. The molecule has 3 heterocycles. The van der Waals surface area contributed by atoms with Crippen molar-refractivity contribution < 1.29 is 4.39 Å². The van der Waals surface area contributed by atoms with Crippen LogP contribution in [0.3, 0.4) is 0 Å². The first-order valence-electron chi connectivity index (χ1n) is 14.1. The number of hydrogen-bond acceptors (Lipinski definition) is 2. The van der Waals surface area contributed by atoms with Gasteiger partial charge in [-0.1, -0.05) is 78.9 Å². The Morgan fingerprint density at radius 3 is 2.24 bits per heavy atom. The van der Waals surface area contributed by atoms with Gasteiger partial charge in [-0.3, -0.25) is 0 Å². The van der Waals surface area contributed by atoms with E-state index in [0.29, 0.717) is 16.7 Å². The van der Waals surface area contributed by atoms with Gasteiger partial charge in [-0.05, 0) is 70.5 Å². The highest BCUT2D eigenvalue weighted by atomic mass is 19.1. The van der Waals surface area contributed by atoms with Crippen molar-refractivity contribution in [3.8, 4) is 22.9 Å². The van der Waals surface area contributed by atoms with E-state index in [1.807, 2.05) is 18.2 Å². The van der Waals surface area contributed by atoms with Crippen molar-refractivity contribution >= 4 is 62.0 Å². The molecule has 0 spiro atoms. The summed E-state index contributed by atoms with van der Waals surface area (Å²) < 4.78 is 18.0.